The van der Waals surface area contributed by atoms with Gasteiger partial charge in [0.1, 0.15) is 0 Å². The maximum absolute atomic E-state index is 12.0. The van der Waals surface area contributed by atoms with Crippen molar-refractivity contribution in [2.75, 3.05) is 12.8 Å². The lowest BCUT2D eigenvalue weighted by Gasteiger charge is -2.10. The van der Waals surface area contributed by atoms with Crippen LogP contribution >= 0.6 is 23.4 Å². The number of halogens is 1. The molecule has 1 aromatic carbocycles. The first-order chi connectivity index (χ1) is 11.5. The van der Waals surface area contributed by atoms with E-state index in [1.54, 1.807) is 0 Å². The van der Waals surface area contributed by atoms with Crippen LogP contribution in [0.15, 0.2) is 29.4 Å². The summed E-state index contributed by atoms with van der Waals surface area (Å²) in [5.41, 5.74) is 4.15. The fourth-order valence-corrected chi connectivity index (χ4v) is 3.07. The third-order valence-electron chi connectivity index (χ3n) is 3.83. The van der Waals surface area contributed by atoms with Crippen molar-refractivity contribution in [1.29, 1.82) is 0 Å². The molecule has 0 bridgehead atoms. The first-order valence-electron chi connectivity index (χ1n) is 7.89. The molecule has 4 nitrogen and oxygen atoms in total. The summed E-state index contributed by atoms with van der Waals surface area (Å²) in [4.78, 5) is 20.9. The van der Waals surface area contributed by atoms with E-state index in [0.29, 0.717) is 19.4 Å². The second kappa shape index (κ2) is 9.04. The summed E-state index contributed by atoms with van der Waals surface area (Å²) in [5.74, 6) is 0.0525. The molecule has 2 rings (SSSR count). The number of amides is 1. The number of hydrogen-bond acceptors (Lipinski definition) is 4. The molecule has 0 radical (unpaired) electrons. The first-order valence-corrected chi connectivity index (χ1v) is 9.49. The van der Waals surface area contributed by atoms with Crippen molar-refractivity contribution in [2.24, 2.45) is 0 Å². The Morgan fingerprint density at radius 1 is 1.12 bits per heavy atom. The molecule has 2 aromatic rings. The molecule has 0 saturated heterocycles. The number of rotatable bonds is 7. The van der Waals surface area contributed by atoms with Crippen molar-refractivity contribution in [1.82, 2.24) is 15.3 Å². The van der Waals surface area contributed by atoms with Crippen molar-refractivity contribution < 1.29 is 4.79 Å². The molecule has 0 fully saturated rings. The summed E-state index contributed by atoms with van der Waals surface area (Å²) in [7, 11) is 0. The van der Waals surface area contributed by atoms with Gasteiger partial charge in [-0.25, -0.2) is 9.97 Å². The van der Waals surface area contributed by atoms with Crippen LogP contribution in [0.25, 0.3) is 0 Å². The molecule has 0 aliphatic carbocycles. The topological polar surface area (TPSA) is 54.9 Å². The van der Waals surface area contributed by atoms with E-state index in [4.69, 9.17) is 11.6 Å². The smallest absolute Gasteiger partial charge is 0.220 e. The van der Waals surface area contributed by atoms with Gasteiger partial charge in [0, 0.05) is 29.4 Å². The third kappa shape index (κ3) is 5.49. The largest absolute Gasteiger partial charge is 0.356 e. The van der Waals surface area contributed by atoms with E-state index >= 15 is 0 Å². The molecule has 1 amide bonds. The lowest BCUT2D eigenvalue weighted by atomic mass is 10.1. The molecule has 0 aliphatic heterocycles. The highest BCUT2D eigenvalue weighted by Crippen LogP contribution is 2.17. The van der Waals surface area contributed by atoms with Gasteiger partial charge in [-0.1, -0.05) is 35.5 Å². The average molecular weight is 364 g/mol. The van der Waals surface area contributed by atoms with Gasteiger partial charge in [-0.05, 0) is 56.2 Å². The zero-order chi connectivity index (χ0) is 17.5. The molecule has 0 unspecified atom stereocenters. The van der Waals surface area contributed by atoms with Crippen molar-refractivity contribution in [3.8, 4) is 0 Å². The predicted molar refractivity (Wildman–Crippen MR) is 99.8 cm³/mol. The Morgan fingerprint density at radius 3 is 2.33 bits per heavy atom. The fraction of sp³-hybridized carbons (Fsp3) is 0.389. The number of hydrogen-bond donors (Lipinski definition) is 1. The molecule has 0 aliphatic rings. The van der Waals surface area contributed by atoms with Gasteiger partial charge in [0.05, 0.1) is 0 Å². The van der Waals surface area contributed by atoms with Crippen molar-refractivity contribution in [3.05, 3.63) is 51.8 Å². The molecular formula is C18H22ClN3OS. The van der Waals surface area contributed by atoms with E-state index in [1.165, 1.54) is 11.8 Å². The minimum Gasteiger partial charge on any atom is -0.356 e. The van der Waals surface area contributed by atoms with Gasteiger partial charge in [-0.2, -0.15) is 0 Å². The lowest BCUT2D eigenvalue weighted by molar-refractivity contribution is -0.121. The van der Waals surface area contributed by atoms with Crippen molar-refractivity contribution in [3.63, 3.8) is 0 Å². The lowest BCUT2D eigenvalue weighted by Crippen LogP contribution is -2.26. The number of nitrogens with one attached hydrogen (secondary N) is 1. The van der Waals surface area contributed by atoms with Crippen LogP contribution in [0.1, 0.15) is 28.9 Å². The Kier molecular flexibility index (Phi) is 7.06. The molecule has 6 heteroatoms. The van der Waals surface area contributed by atoms with E-state index in [9.17, 15) is 4.79 Å². The Bertz CT molecular complexity index is 681. The molecule has 0 spiro atoms. The summed E-state index contributed by atoms with van der Waals surface area (Å²) in [5, 5.41) is 4.46. The zero-order valence-electron chi connectivity index (χ0n) is 14.2. The van der Waals surface area contributed by atoms with E-state index in [1.807, 2.05) is 44.4 Å². The molecule has 1 heterocycles. The van der Waals surface area contributed by atoms with E-state index < -0.39 is 0 Å². The average Bonchev–Trinajstić information content (AvgIpc) is 2.55. The minimum absolute atomic E-state index is 0.0525. The molecule has 1 N–H and O–H groups in total. The maximum Gasteiger partial charge on any atom is 0.220 e. The maximum atomic E-state index is 12.0. The van der Waals surface area contributed by atoms with Crippen LogP contribution < -0.4 is 5.32 Å². The number of aromatic nitrogens is 2. The van der Waals surface area contributed by atoms with Crippen LogP contribution in [0.2, 0.25) is 5.02 Å². The number of thioether (sulfide) groups is 1. The van der Waals surface area contributed by atoms with Gasteiger partial charge in [0.25, 0.3) is 0 Å². The quantitative estimate of drug-likeness (QED) is 0.601. The number of benzene rings is 1. The van der Waals surface area contributed by atoms with Crippen LogP contribution in [-0.2, 0) is 17.6 Å². The SMILES string of the molecule is CSc1nc(C)c(CCC(=O)NCCc2ccc(Cl)cc2)c(C)n1. The van der Waals surface area contributed by atoms with Gasteiger partial charge < -0.3 is 5.32 Å². The monoisotopic (exact) mass is 363 g/mol. The van der Waals surface area contributed by atoms with Crippen LogP contribution in [0.5, 0.6) is 0 Å². The summed E-state index contributed by atoms with van der Waals surface area (Å²) < 4.78 is 0. The van der Waals surface area contributed by atoms with Gasteiger partial charge >= 0.3 is 0 Å². The molecule has 0 atom stereocenters. The van der Waals surface area contributed by atoms with Crippen molar-refractivity contribution in [2.45, 2.75) is 38.3 Å². The van der Waals surface area contributed by atoms with Crippen LogP contribution in [0.4, 0.5) is 0 Å². The van der Waals surface area contributed by atoms with E-state index in [-0.39, 0.29) is 5.91 Å². The summed E-state index contributed by atoms with van der Waals surface area (Å²) in [6.07, 6.45) is 3.87. The highest BCUT2D eigenvalue weighted by Gasteiger charge is 2.10. The van der Waals surface area contributed by atoms with E-state index in [2.05, 4.69) is 15.3 Å². The van der Waals surface area contributed by atoms with Crippen LogP contribution in [0, 0.1) is 13.8 Å². The number of aryl methyl sites for hydroxylation is 2. The predicted octanol–water partition coefficient (Wildman–Crippen LogP) is 3.76. The van der Waals surface area contributed by atoms with Gasteiger partial charge in [-0.15, -0.1) is 0 Å². The standard InChI is InChI=1S/C18H22ClN3OS/c1-12-16(13(2)22-18(21-12)24-3)8-9-17(23)20-11-10-14-4-6-15(19)7-5-14/h4-7H,8-11H2,1-3H3,(H,20,23). The van der Waals surface area contributed by atoms with Crippen LogP contribution in [0.3, 0.4) is 0 Å². The number of carbonyl (C=O) groups excluding carboxylic acids is 1. The first kappa shape index (κ1) is 18.7. The van der Waals surface area contributed by atoms with Gasteiger partial charge in [0.2, 0.25) is 5.91 Å². The summed E-state index contributed by atoms with van der Waals surface area (Å²) in [6, 6.07) is 7.68. The van der Waals surface area contributed by atoms with Crippen molar-refractivity contribution >= 4 is 29.3 Å². The normalized spacial score (nSPS) is 10.7. The zero-order valence-corrected chi connectivity index (χ0v) is 15.8. The number of nitrogens with zero attached hydrogens (tertiary/aromatic N) is 2. The van der Waals surface area contributed by atoms with Gasteiger partial charge in [-0.3, -0.25) is 4.79 Å². The Labute approximate surface area is 152 Å². The molecule has 24 heavy (non-hydrogen) atoms. The molecular weight excluding hydrogens is 342 g/mol. The molecule has 128 valence electrons. The summed E-state index contributed by atoms with van der Waals surface area (Å²) in [6.45, 7) is 4.57. The third-order valence-corrected chi connectivity index (χ3v) is 4.63. The minimum atomic E-state index is 0.0525. The fourth-order valence-electron chi connectivity index (χ4n) is 2.49. The highest BCUT2D eigenvalue weighted by molar-refractivity contribution is 7.98. The van der Waals surface area contributed by atoms with Gasteiger partial charge in [0.15, 0.2) is 5.16 Å². The summed E-state index contributed by atoms with van der Waals surface area (Å²) >= 11 is 7.39. The van der Waals surface area contributed by atoms with E-state index in [0.717, 1.165) is 39.1 Å². The van der Waals surface area contributed by atoms with Crippen LogP contribution in [-0.4, -0.2) is 28.7 Å². The Hall–Kier alpha value is -1.59. The second-order valence-electron chi connectivity index (χ2n) is 5.59. The molecule has 0 saturated carbocycles. The highest BCUT2D eigenvalue weighted by atomic mass is 35.5. The number of carbonyl (C=O) groups is 1. The second-order valence-corrected chi connectivity index (χ2v) is 6.80. The Balaban J connectivity index is 1.80. The Morgan fingerprint density at radius 2 is 1.75 bits per heavy atom. The molecule has 1 aromatic heterocycles.